The van der Waals surface area contributed by atoms with Crippen molar-refractivity contribution in [1.29, 1.82) is 0 Å². The summed E-state index contributed by atoms with van der Waals surface area (Å²) in [5.74, 6) is 0.236. The van der Waals surface area contributed by atoms with E-state index in [0.717, 1.165) is 6.42 Å². The van der Waals surface area contributed by atoms with Crippen molar-refractivity contribution in [2.24, 2.45) is 11.7 Å². The smallest absolute Gasteiger partial charge is 0.269 e. The predicted molar refractivity (Wildman–Crippen MR) is 71.7 cm³/mol. The summed E-state index contributed by atoms with van der Waals surface area (Å²) in [6.45, 7) is 4.02. The Kier molecular flexibility index (Phi) is 6.45. The molecule has 6 heteroatoms. The van der Waals surface area contributed by atoms with Crippen molar-refractivity contribution >= 4 is 29.7 Å². The number of non-ortho nitro benzene ring substituents is 1. The maximum absolute atomic E-state index is 10.6. The van der Waals surface area contributed by atoms with Gasteiger partial charge in [-0.15, -0.1) is 12.4 Å². The Hall–Kier alpha value is -0.840. The van der Waals surface area contributed by atoms with Crippen LogP contribution in [0.5, 0.6) is 0 Å². The zero-order valence-electron chi connectivity index (χ0n) is 9.72. The molecule has 96 valence electrons. The molecule has 0 heterocycles. The Labute approximate surface area is 112 Å². The van der Waals surface area contributed by atoms with Crippen molar-refractivity contribution in [3.8, 4) is 0 Å². The lowest BCUT2D eigenvalue weighted by atomic mass is 9.93. The fourth-order valence-electron chi connectivity index (χ4n) is 1.46. The molecule has 0 bridgehead atoms. The zero-order chi connectivity index (χ0) is 12.3. The first-order valence-corrected chi connectivity index (χ1v) is 5.54. The van der Waals surface area contributed by atoms with Crippen molar-refractivity contribution in [2.75, 3.05) is 0 Å². The van der Waals surface area contributed by atoms with E-state index in [2.05, 4.69) is 0 Å². The molecule has 0 aliphatic rings. The first kappa shape index (κ1) is 16.2. The molecule has 0 aromatic heterocycles. The van der Waals surface area contributed by atoms with Gasteiger partial charge in [-0.2, -0.15) is 0 Å². The summed E-state index contributed by atoms with van der Waals surface area (Å²) in [6.07, 6.45) is 0.903. The molecule has 0 saturated heterocycles. The van der Waals surface area contributed by atoms with Gasteiger partial charge in [0.25, 0.3) is 5.69 Å². The summed E-state index contributed by atoms with van der Waals surface area (Å²) in [4.78, 5) is 10.2. The van der Waals surface area contributed by atoms with Gasteiger partial charge in [-0.1, -0.05) is 31.9 Å². The number of nitro groups is 1. The van der Waals surface area contributed by atoms with E-state index in [-0.39, 0.29) is 30.1 Å². The lowest BCUT2D eigenvalue weighted by molar-refractivity contribution is -0.384. The van der Waals surface area contributed by atoms with Gasteiger partial charge >= 0.3 is 0 Å². The summed E-state index contributed by atoms with van der Waals surface area (Å²) in [5, 5.41) is 11.1. The number of rotatable bonds is 4. The topological polar surface area (TPSA) is 69.2 Å². The second-order valence-electron chi connectivity index (χ2n) is 3.87. The molecule has 1 unspecified atom stereocenters. The summed E-state index contributed by atoms with van der Waals surface area (Å²) in [5.41, 5.74) is 6.68. The number of nitro benzene ring substituents is 1. The highest BCUT2D eigenvalue weighted by Gasteiger charge is 2.19. The summed E-state index contributed by atoms with van der Waals surface area (Å²) in [6, 6.07) is 4.10. The molecule has 1 rings (SSSR count). The van der Waals surface area contributed by atoms with Crippen molar-refractivity contribution in [3.63, 3.8) is 0 Å². The Morgan fingerprint density at radius 1 is 1.53 bits per heavy atom. The van der Waals surface area contributed by atoms with Gasteiger partial charge in [0, 0.05) is 23.2 Å². The molecule has 0 aliphatic carbocycles. The molecule has 0 amide bonds. The zero-order valence-corrected chi connectivity index (χ0v) is 11.3. The van der Waals surface area contributed by atoms with Crippen LogP contribution in [0.2, 0.25) is 5.02 Å². The maximum atomic E-state index is 10.6. The summed E-state index contributed by atoms with van der Waals surface area (Å²) >= 11 is 5.99. The van der Waals surface area contributed by atoms with Crippen molar-refractivity contribution in [1.82, 2.24) is 0 Å². The highest BCUT2D eigenvalue weighted by molar-refractivity contribution is 6.31. The molecule has 0 spiro atoms. The Balaban J connectivity index is 0.00000256. The van der Waals surface area contributed by atoms with E-state index in [9.17, 15) is 10.1 Å². The Bertz CT molecular complexity index is 399. The van der Waals surface area contributed by atoms with Crippen molar-refractivity contribution in [2.45, 2.75) is 26.3 Å². The number of benzene rings is 1. The largest absolute Gasteiger partial charge is 0.324 e. The molecule has 1 aromatic carbocycles. The predicted octanol–water partition coefficient (Wildman–Crippen LogP) is 3.72. The van der Waals surface area contributed by atoms with Crippen LogP contribution in [0.3, 0.4) is 0 Å². The van der Waals surface area contributed by atoms with Crippen LogP contribution in [0.1, 0.15) is 31.9 Å². The monoisotopic (exact) mass is 278 g/mol. The Morgan fingerprint density at radius 3 is 2.59 bits per heavy atom. The first-order chi connectivity index (χ1) is 7.47. The molecule has 4 nitrogen and oxygen atoms in total. The van der Waals surface area contributed by atoms with E-state index < -0.39 is 4.92 Å². The second kappa shape index (κ2) is 6.79. The van der Waals surface area contributed by atoms with Crippen LogP contribution in [-0.4, -0.2) is 4.92 Å². The fourth-order valence-corrected chi connectivity index (χ4v) is 1.70. The number of nitrogens with two attached hydrogens (primary N) is 1. The summed E-state index contributed by atoms with van der Waals surface area (Å²) < 4.78 is 0. The van der Waals surface area contributed by atoms with E-state index in [4.69, 9.17) is 17.3 Å². The maximum Gasteiger partial charge on any atom is 0.269 e. The van der Waals surface area contributed by atoms with Gasteiger partial charge in [0.1, 0.15) is 0 Å². The third kappa shape index (κ3) is 3.84. The normalized spacial score (nSPS) is 13.6. The third-order valence-corrected chi connectivity index (χ3v) is 3.15. The van der Waals surface area contributed by atoms with Gasteiger partial charge in [0.05, 0.1) is 4.92 Å². The molecule has 0 radical (unpaired) electrons. The molecular formula is C11H16Cl2N2O2. The molecule has 2 atom stereocenters. The van der Waals surface area contributed by atoms with Crippen molar-refractivity contribution < 1.29 is 4.92 Å². The van der Waals surface area contributed by atoms with Crippen LogP contribution in [0, 0.1) is 16.0 Å². The van der Waals surface area contributed by atoms with Crippen LogP contribution in [0.15, 0.2) is 18.2 Å². The number of hydrogen-bond acceptors (Lipinski definition) is 3. The molecule has 0 saturated carbocycles. The van der Waals surface area contributed by atoms with Crippen LogP contribution in [0.25, 0.3) is 0 Å². The average Bonchev–Trinajstić information content (AvgIpc) is 2.27. The van der Waals surface area contributed by atoms with Gasteiger partial charge in [-0.25, -0.2) is 0 Å². The first-order valence-electron chi connectivity index (χ1n) is 5.16. The van der Waals surface area contributed by atoms with Gasteiger partial charge in [-0.3, -0.25) is 10.1 Å². The van der Waals surface area contributed by atoms with Crippen molar-refractivity contribution in [3.05, 3.63) is 38.9 Å². The van der Waals surface area contributed by atoms with E-state index in [1.54, 1.807) is 0 Å². The van der Waals surface area contributed by atoms with E-state index in [0.29, 0.717) is 10.6 Å². The van der Waals surface area contributed by atoms with Crippen LogP contribution < -0.4 is 5.73 Å². The second-order valence-corrected chi connectivity index (χ2v) is 4.28. The van der Waals surface area contributed by atoms with Crippen LogP contribution in [0.4, 0.5) is 5.69 Å². The van der Waals surface area contributed by atoms with E-state index in [1.807, 2.05) is 13.8 Å². The third-order valence-electron chi connectivity index (χ3n) is 2.81. The fraction of sp³-hybridized carbons (Fsp3) is 0.455. The average molecular weight is 279 g/mol. The molecule has 0 fully saturated rings. The van der Waals surface area contributed by atoms with Gasteiger partial charge in [0.15, 0.2) is 0 Å². The minimum absolute atomic E-state index is 0. The standard InChI is InChI=1S/C11H15ClN2O2.ClH/c1-3-7(2)11(13)9-6-8(14(15)16)4-5-10(9)12;/h4-7,11H,3,13H2,1-2H3;1H/t7?,11-;/m1./s1. The number of halogens is 2. The highest BCUT2D eigenvalue weighted by atomic mass is 35.5. The molecule has 17 heavy (non-hydrogen) atoms. The van der Waals surface area contributed by atoms with Gasteiger partial charge in [0.2, 0.25) is 0 Å². The lowest BCUT2D eigenvalue weighted by Crippen LogP contribution is -2.19. The Morgan fingerprint density at radius 2 is 2.12 bits per heavy atom. The van der Waals surface area contributed by atoms with Crippen LogP contribution in [-0.2, 0) is 0 Å². The molecule has 1 aromatic rings. The number of hydrogen-bond donors (Lipinski definition) is 1. The van der Waals surface area contributed by atoms with E-state index >= 15 is 0 Å². The SMILES string of the molecule is CCC(C)[C@@H](N)c1cc([N+](=O)[O-])ccc1Cl.Cl. The molecular weight excluding hydrogens is 263 g/mol. The van der Waals surface area contributed by atoms with Gasteiger partial charge in [-0.05, 0) is 17.5 Å². The minimum Gasteiger partial charge on any atom is -0.324 e. The summed E-state index contributed by atoms with van der Waals surface area (Å²) in [7, 11) is 0. The number of nitrogens with zero attached hydrogens (tertiary/aromatic N) is 1. The molecule has 2 N–H and O–H groups in total. The van der Waals surface area contributed by atoms with Crippen LogP contribution >= 0.6 is 24.0 Å². The lowest BCUT2D eigenvalue weighted by Gasteiger charge is -2.19. The minimum atomic E-state index is -0.441. The van der Waals surface area contributed by atoms with E-state index in [1.165, 1.54) is 18.2 Å². The quantitative estimate of drug-likeness (QED) is 0.674. The molecule has 0 aliphatic heterocycles. The highest BCUT2D eigenvalue weighted by Crippen LogP contribution is 2.30. The van der Waals surface area contributed by atoms with Gasteiger partial charge < -0.3 is 5.73 Å².